The lowest BCUT2D eigenvalue weighted by Gasteiger charge is -2.30. The van der Waals surface area contributed by atoms with Crippen molar-refractivity contribution in [3.63, 3.8) is 0 Å². The van der Waals surface area contributed by atoms with Gasteiger partial charge in [0.05, 0.1) is 23.8 Å². The average molecular weight is 387 g/mol. The van der Waals surface area contributed by atoms with E-state index in [1.807, 2.05) is 16.9 Å². The second-order valence-corrected chi connectivity index (χ2v) is 8.19. The number of fused-ring (bicyclic) bond motifs is 1. The van der Waals surface area contributed by atoms with Crippen LogP contribution in [0.4, 0.5) is 0 Å². The van der Waals surface area contributed by atoms with Gasteiger partial charge in [-0.3, -0.25) is 9.48 Å². The van der Waals surface area contributed by atoms with Crippen LogP contribution in [0.25, 0.3) is 0 Å². The van der Waals surface area contributed by atoms with Gasteiger partial charge in [0.1, 0.15) is 0 Å². The van der Waals surface area contributed by atoms with Crippen LogP contribution in [0.2, 0.25) is 5.02 Å². The molecule has 5 nitrogen and oxygen atoms in total. The second kappa shape index (κ2) is 8.03. The Labute approximate surface area is 165 Å². The smallest absolute Gasteiger partial charge is 0.223 e. The minimum atomic E-state index is 0.208. The van der Waals surface area contributed by atoms with Crippen LogP contribution in [-0.2, 0) is 11.3 Å². The van der Waals surface area contributed by atoms with Crippen molar-refractivity contribution >= 4 is 17.5 Å². The van der Waals surface area contributed by atoms with Crippen molar-refractivity contribution in [1.82, 2.24) is 19.6 Å². The van der Waals surface area contributed by atoms with Gasteiger partial charge < -0.3 is 9.80 Å². The molecule has 0 saturated carbocycles. The number of benzene rings is 1. The molecule has 1 aromatic carbocycles. The minimum Gasteiger partial charge on any atom is -0.335 e. The summed E-state index contributed by atoms with van der Waals surface area (Å²) in [6.45, 7) is 6.87. The summed E-state index contributed by atoms with van der Waals surface area (Å²) >= 11 is 5.96. The lowest BCUT2D eigenvalue weighted by Crippen LogP contribution is -2.36. The molecule has 0 unspecified atom stereocenters. The summed E-state index contributed by atoms with van der Waals surface area (Å²) in [5.41, 5.74) is 1.27. The molecule has 6 heteroatoms. The van der Waals surface area contributed by atoms with E-state index >= 15 is 0 Å². The number of amides is 1. The molecule has 2 aliphatic heterocycles. The standard InChI is InChI=1S/C21H27ClN4O/c1-2-6-20(27)26-13-17-12-24(9-10-25-14-18(22)11-23-25)15-19(17)21(26)16-7-4-3-5-8-16/h3-5,7-8,11,14,17,19,21H,2,6,9-10,12-13,15H2,1H3/t17-,19-,21+/m0/s1. The number of likely N-dealkylation sites (tertiary alicyclic amines) is 2. The monoisotopic (exact) mass is 386 g/mol. The summed E-state index contributed by atoms with van der Waals surface area (Å²) < 4.78 is 1.90. The van der Waals surface area contributed by atoms with Gasteiger partial charge in [0.15, 0.2) is 0 Å². The molecule has 0 N–H and O–H groups in total. The predicted molar refractivity (Wildman–Crippen MR) is 106 cm³/mol. The Morgan fingerprint density at radius 3 is 2.70 bits per heavy atom. The summed E-state index contributed by atoms with van der Waals surface area (Å²) in [4.78, 5) is 17.4. The highest BCUT2D eigenvalue weighted by Gasteiger charge is 2.48. The van der Waals surface area contributed by atoms with Crippen LogP contribution in [0, 0.1) is 11.8 Å². The maximum atomic E-state index is 12.7. The zero-order valence-electron chi connectivity index (χ0n) is 15.8. The van der Waals surface area contributed by atoms with Crippen molar-refractivity contribution in [3.8, 4) is 0 Å². The average Bonchev–Trinajstić information content (AvgIpc) is 3.34. The van der Waals surface area contributed by atoms with Crippen LogP contribution in [0.5, 0.6) is 0 Å². The third-order valence-electron chi connectivity index (χ3n) is 5.91. The van der Waals surface area contributed by atoms with E-state index in [4.69, 9.17) is 11.6 Å². The molecular weight excluding hydrogens is 360 g/mol. The maximum absolute atomic E-state index is 12.7. The Balaban J connectivity index is 1.46. The summed E-state index contributed by atoms with van der Waals surface area (Å²) in [7, 11) is 0. The minimum absolute atomic E-state index is 0.208. The predicted octanol–water partition coefficient (Wildman–Crippen LogP) is 3.47. The number of carbonyl (C=O) groups is 1. The van der Waals surface area contributed by atoms with Crippen LogP contribution in [0.1, 0.15) is 31.4 Å². The molecule has 0 radical (unpaired) electrons. The first kappa shape index (κ1) is 18.5. The van der Waals surface area contributed by atoms with Crippen LogP contribution < -0.4 is 0 Å². The number of carbonyl (C=O) groups excluding carboxylic acids is 1. The third kappa shape index (κ3) is 3.90. The number of hydrogen-bond acceptors (Lipinski definition) is 3. The molecule has 27 heavy (non-hydrogen) atoms. The van der Waals surface area contributed by atoms with Crippen molar-refractivity contribution in [1.29, 1.82) is 0 Å². The molecule has 144 valence electrons. The first-order valence-electron chi connectivity index (χ1n) is 9.90. The summed E-state index contributed by atoms with van der Waals surface area (Å²) in [6.07, 6.45) is 5.11. The maximum Gasteiger partial charge on any atom is 0.223 e. The van der Waals surface area contributed by atoms with Gasteiger partial charge in [-0.15, -0.1) is 0 Å². The van der Waals surface area contributed by atoms with Gasteiger partial charge in [-0.2, -0.15) is 5.10 Å². The summed E-state index contributed by atoms with van der Waals surface area (Å²) in [5.74, 6) is 1.37. The SMILES string of the molecule is CCCC(=O)N1C[C@@H]2CN(CCn3cc(Cl)cn3)C[C@@H]2[C@H]1c1ccccc1. The zero-order valence-corrected chi connectivity index (χ0v) is 16.6. The Morgan fingerprint density at radius 1 is 1.19 bits per heavy atom. The Kier molecular flexibility index (Phi) is 5.50. The molecule has 2 fully saturated rings. The van der Waals surface area contributed by atoms with Crippen molar-refractivity contribution in [2.24, 2.45) is 11.8 Å². The van der Waals surface area contributed by atoms with E-state index in [-0.39, 0.29) is 6.04 Å². The van der Waals surface area contributed by atoms with E-state index in [1.165, 1.54) is 5.56 Å². The zero-order chi connectivity index (χ0) is 18.8. The lowest BCUT2D eigenvalue weighted by molar-refractivity contribution is -0.132. The molecule has 3 atom stereocenters. The molecule has 3 heterocycles. The fourth-order valence-electron chi connectivity index (χ4n) is 4.72. The van der Waals surface area contributed by atoms with E-state index in [2.05, 4.69) is 46.1 Å². The normalized spacial score (nSPS) is 25.1. The van der Waals surface area contributed by atoms with Crippen molar-refractivity contribution < 1.29 is 4.79 Å². The van der Waals surface area contributed by atoms with Gasteiger partial charge in [-0.05, 0) is 17.9 Å². The van der Waals surface area contributed by atoms with Gasteiger partial charge >= 0.3 is 0 Å². The van der Waals surface area contributed by atoms with E-state index in [0.717, 1.165) is 39.1 Å². The van der Waals surface area contributed by atoms with Crippen LogP contribution in [0.3, 0.4) is 0 Å². The second-order valence-electron chi connectivity index (χ2n) is 7.76. The van der Waals surface area contributed by atoms with E-state index < -0.39 is 0 Å². The Morgan fingerprint density at radius 2 is 2.00 bits per heavy atom. The quantitative estimate of drug-likeness (QED) is 0.763. The molecule has 1 aromatic heterocycles. The first-order valence-corrected chi connectivity index (χ1v) is 10.3. The van der Waals surface area contributed by atoms with Crippen LogP contribution >= 0.6 is 11.6 Å². The highest BCUT2D eigenvalue weighted by Crippen LogP contribution is 2.45. The largest absolute Gasteiger partial charge is 0.335 e. The molecule has 4 rings (SSSR count). The highest BCUT2D eigenvalue weighted by molar-refractivity contribution is 6.30. The van der Waals surface area contributed by atoms with E-state index in [9.17, 15) is 4.79 Å². The van der Waals surface area contributed by atoms with Gasteiger partial charge in [-0.1, -0.05) is 48.9 Å². The van der Waals surface area contributed by atoms with Crippen LogP contribution in [-0.4, -0.2) is 51.7 Å². The van der Waals surface area contributed by atoms with E-state index in [1.54, 1.807) is 6.20 Å². The first-order chi connectivity index (χ1) is 13.2. The molecule has 0 bridgehead atoms. The number of aromatic nitrogens is 2. The van der Waals surface area contributed by atoms with Crippen molar-refractivity contribution in [3.05, 3.63) is 53.3 Å². The van der Waals surface area contributed by atoms with Gasteiger partial charge in [0.25, 0.3) is 0 Å². The Bertz CT molecular complexity index is 777. The van der Waals surface area contributed by atoms with Crippen molar-refractivity contribution in [2.45, 2.75) is 32.4 Å². The third-order valence-corrected chi connectivity index (χ3v) is 6.11. The number of nitrogens with zero attached hydrogens (tertiary/aromatic N) is 4. The molecule has 2 saturated heterocycles. The molecule has 2 aromatic rings. The van der Waals surface area contributed by atoms with Crippen molar-refractivity contribution in [2.75, 3.05) is 26.2 Å². The Hall–Kier alpha value is -1.85. The topological polar surface area (TPSA) is 41.4 Å². The number of halogens is 1. The molecule has 0 aliphatic carbocycles. The van der Waals surface area contributed by atoms with Gasteiger partial charge in [0, 0.05) is 44.7 Å². The molecular formula is C21H27ClN4O. The fourth-order valence-corrected chi connectivity index (χ4v) is 4.87. The lowest BCUT2D eigenvalue weighted by atomic mass is 9.89. The molecule has 1 amide bonds. The van der Waals surface area contributed by atoms with Crippen LogP contribution in [0.15, 0.2) is 42.7 Å². The van der Waals surface area contributed by atoms with Gasteiger partial charge in [0.2, 0.25) is 5.91 Å². The number of rotatable bonds is 6. The number of hydrogen-bond donors (Lipinski definition) is 0. The summed E-state index contributed by atoms with van der Waals surface area (Å²) in [5, 5.41) is 4.96. The molecule has 0 spiro atoms. The van der Waals surface area contributed by atoms with Gasteiger partial charge in [-0.25, -0.2) is 0 Å². The fraction of sp³-hybridized carbons (Fsp3) is 0.524. The summed E-state index contributed by atoms with van der Waals surface area (Å²) in [6, 6.07) is 10.8. The highest BCUT2D eigenvalue weighted by atomic mass is 35.5. The van der Waals surface area contributed by atoms with E-state index in [0.29, 0.717) is 29.2 Å². The molecule has 2 aliphatic rings.